The Kier molecular flexibility index (Phi) is 8.24. The van der Waals surface area contributed by atoms with Crippen molar-refractivity contribution in [1.82, 2.24) is 5.32 Å². The first-order valence-corrected chi connectivity index (χ1v) is 8.64. The van der Waals surface area contributed by atoms with Crippen LogP contribution in [-0.2, 0) is 6.42 Å². The van der Waals surface area contributed by atoms with Crippen molar-refractivity contribution in [2.24, 2.45) is 5.92 Å². The maximum absolute atomic E-state index is 3.60. The molecule has 0 heterocycles. The third kappa shape index (κ3) is 7.64. The summed E-state index contributed by atoms with van der Waals surface area (Å²) in [6.45, 7) is 10.0. The average Bonchev–Trinajstić information content (AvgIpc) is 2.36. The normalized spacial score (nSPS) is 12.9. The lowest BCUT2D eigenvalue weighted by Gasteiger charge is -2.19. The molecule has 2 heteroatoms. The van der Waals surface area contributed by atoms with Crippen LogP contribution in [0.5, 0.6) is 0 Å². The molecule has 19 heavy (non-hydrogen) atoms. The fraction of sp³-hybridized carbons (Fsp3) is 0.647. The van der Waals surface area contributed by atoms with Crippen molar-refractivity contribution in [3.8, 4) is 0 Å². The molecule has 108 valence electrons. The third-order valence-corrected chi connectivity index (χ3v) is 4.23. The highest BCUT2D eigenvalue weighted by Crippen LogP contribution is 2.16. The largest absolute Gasteiger partial charge is 0.314 e. The van der Waals surface area contributed by atoms with Crippen molar-refractivity contribution in [1.29, 1.82) is 0 Å². The summed E-state index contributed by atoms with van der Waals surface area (Å²) in [5.41, 5.74) is 2.85. The van der Waals surface area contributed by atoms with Gasteiger partial charge >= 0.3 is 0 Å². The van der Waals surface area contributed by atoms with Gasteiger partial charge in [-0.25, -0.2) is 0 Å². The van der Waals surface area contributed by atoms with E-state index in [4.69, 9.17) is 0 Å². The van der Waals surface area contributed by atoms with Crippen LogP contribution in [-0.4, -0.2) is 24.1 Å². The molecular formula is C17H29NS. The minimum absolute atomic E-state index is 0.582. The molecule has 1 N–H and O–H groups in total. The van der Waals surface area contributed by atoms with Crippen LogP contribution in [0.1, 0.15) is 38.3 Å². The molecule has 0 aliphatic carbocycles. The molecule has 0 bridgehead atoms. The van der Waals surface area contributed by atoms with E-state index in [1.54, 1.807) is 0 Å². The number of thioether (sulfide) groups is 1. The Hall–Kier alpha value is -0.470. The predicted octanol–water partition coefficient (Wildman–Crippen LogP) is 4.29. The summed E-state index contributed by atoms with van der Waals surface area (Å²) < 4.78 is 0. The van der Waals surface area contributed by atoms with Crippen molar-refractivity contribution in [3.05, 3.63) is 35.4 Å². The van der Waals surface area contributed by atoms with E-state index in [1.165, 1.54) is 35.5 Å². The zero-order chi connectivity index (χ0) is 14.1. The van der Waals surface area contributed by atoms with Crippen LogP contribution in [0.2, 0.25) is 0 Å². The number of hydrogen-bond acceptors (Lipinski definition) is 2. The summed E-state index contributed by atoms with van der Waals surface area (Å²) in [5.74, 6) is 3.27. The standard InChI is InChI=1S/C17H29NS/c1-5-19-10-9-17(13-18-14(2)3)12-16-8-6-7-15(4)11-16/h6-8,11,14,17-18H,5,9-10,12-13H2,1-4H3. The molecular weight excluding hydrogens is 250 g/mol. The minimum atomic E-state index is 0.582. The molecule has 0 aliphatic rings. The topological polar surface area (TPSA) is 12.0 Å². The molecule has 0 aromatic heterocycles. The second-order valence-electron chi connectivity index (χ2n) is 5.61. The van der Waals surface area contributed by atoms with E-state index in [-0.39, 0.29) is 0 Å². The molecule has 1 rings (SSSR count). The molecule has 0 fully saturated rings. The van der Waals surface area contributed by atoms with Gasteiger partial charge in [-0.15, -0.1) is 0 Å². The van der Waals surface area contributed by atoms with E-state index in [1.807, 2.05) is 0 Å². The molecule has 1 aromatic carbocycles. The molecule has 1 atom stereocenters. The first kappa shape index (κ1) is 16.6. The highest BCUT2D eigenvalue weighted by molar-refractivity contribution is 7.99. The van der Waals surface area contributed by atoms with E-state index in [9.17, 15) is 0 Å². The van der Waals surface area contributed by atoms with Crippen LogP contribution in [0.15, 0.2) is 24.3 Å². The number of aryl methyl sites for hydroxylation is 1. The summed E-state index contributed by atoms with van der Waals surface area (Å²) >= 11 is 2.06. The van der Waals surface area contributed by atoms with Crippen molar-refractivity contribution in [3.63, 3.8) is 0 Å². The van der Waals surface area contributed by atoms with E-state index in [2.05, 4.69) is 69.0 Å². The highest BCUT2D eigenvalue weighted by atomic mass is 32.2. The number of nitrogens with one attached hydrogen (secondary N) is 1. The SMILES string of the molecule is CCSCCC(CNC(C)C)Cc1cccc(C)c1. The maximum atomic E-state index is 3.60. The Morgan fingerprint density at radius 1 is 1.26 bits per heavy atom. The van der Waals surface area contributed by atoms with Gasteiger partial charge in [0.1, 0.15) is 0 Å². The van der Waals surface area contributed by atoms with E-state index >= 15 is 0 Å². The second kappa shape index (κ2) is 9.44. The fourth-order valence-electron chi connectivity index (χ4n) is 2.25. The minimum Gasteiger partial charge on any atom is -0.314 e. The van der Waals surface area contributed by atoms with Crippen LogP contribution >= 0.6 is 11.8 Å². The molecule has 1 aromatic rings. The van der Waals surface area contributed by atoms with Crippen LogP contribution in [0, 0.1) is 12.8 Å². The summed E-state index contributed by atoms with van der Waals surface area (Å²) in [7, 11) is 0. The summed E-state index contributed by atoms with van der Waals surface area (Å²) in [6.07, 6.45) is 2.51. The highest BCUT2D eigenvalue weighted by Gasteiger charge is 2.10. The average molecular weight is 279 g/mol. The van der Waals surface area contributed by atoms with Crippen molar-refractivity contribution in [2.45, 2.75) is 46.6 Å². The number of benzene rings is 1. The zero-order valence-corrected chi connectivity index (χ0v) is 13.7. The monoisotopic (exact) mass is 279 g/mol. The quantitative estimate of drug-likeness (QED) is 0.677. The van der Waals surface area contributed by atoms with Gasteiger partial charge in [-0.1, -0.05) is 50.6 Å². The summed E-state index contributed by atoms with van der Waals surface area (Å²) in [5, 5.41) is 3.60. The van der Waals surface area contributed by atoms with E-state index in [0.29, 0.717) is 6.04 Å². The van der Waals surface area contributed by atoms with Gasteiger partial charge in [-0.3, -0.25) is 0 Å². The van der Waals surface area contributed by atoms with Crippen molar-refractivity contribution < 1.29 is 0 Å². The van der Waals surface area contributed by atoms with Crippen LogP contribution in [0.4, 0.5) is 0 Å². The van der Waals surface area contributed by atoms with Gasteiger partial charge in [0.15, 0.2) is 0 Å². The molecule has 0 saturated heterocycles. The Morgan fingerprint density at radius 3 is 2.68 bits per heavy atom. The van der Waals surface area contributed by atoms with Gasteiger partial charge in [-0.2, -0.15) is 11.8 Å². The lowest BCUT2D eigenvalue weighted by Crippen LogP contribution is -2.30. The molecule has 0 saturated carbocycles. The Labute approximate surface area is 123 Å². The predicted molar refractivity (Wildman–Crippen MR) is 89.1 cm³/mol. The smallest absolute Gasteiger partial charge is 0.00104 e. The molecule has 1 nitrogen and oxygen atoms in total. The van der Waals surface area contributed by atoms with Crippen molar-refractivity contribution in [2.75, 3.05) is 18.1 Å². The Balaban J connectivity index is 2.51. The molecule has 0 spiro atoms. The van der Waals surface area contributed by atoms with Gasteiger partial charge < -0.3 is 5.32 Å². The first-order valence-electron chi connectivity index (χ1n) is 7.48. The van der Waals surface area contributed by atoms with Gasteiger partial charge in [0.25, 0.3) is 0 Å². The lowest BCUT2D eigenvalue weighted by molar-refractivity contribution is 0.438. The van der Waals surface area contributed by atoms with Gasteiger partial charge in [0.2, 0.25) is 0 Å². The number of hydrogen-bond donors (Lipinski definition) is 1. The van der Waals surface area contributed by atoms with Gasteiger partial charge in [-0.05, 0) is 49.3 Å². The van der Waals surface area contributed by atoms with E-state index in [0.717, 1.165) is 12.5 Å². The molecule has 0 aliphatic heterocycles. The van der Waals surface area contributed by atoms with Gasteiger partial charge in [0.05, 0.1) is 0 Å². The maximum Gasteiger partial charge on any atom is 0.00104 e. The molecule has 0 amide bonds. The Bertz CT molecular complexity index is 349. The Morgan fingerprint density at radius 2 is 2.05 bits per heavy atom. The van der Waals surface area contributed by atoms with Gasteiger partial charge in [0, 0.05) is 6.04 Å². The fourth-order valence-corrected chi connectivity index (χ4v) is 3.03. The van der Waals surface area contributed by atoms with Crippen LogP contribution < -0.4 is 5.32 Å². The van der Waals surface area contributed by atoms with Crippen LogP contribution in [0.25, 0.3) is 0 Å². The molecule has 1 unspecified atom stereocenters. The van der Waals surface area contributed by atoms with E-state index < -0.39 is 0 Å². The zero-order valence-electron chi connectivity index (χ0n) is 12.9. The first-order chi connectivity index (χ1) is 9.11. The van der Waals surface area contributed by atoms with Crippen LogP contribution in [0.3, 0.4) is 0 Å². The van der Waals surface area contributed by atoms with Crippen molar-refractivity contribution >= 4 is 11.8 Å². The lowest BCUT2D eigenvalue weighted by atomic mass is 9.95. The summed E-state index contributed by atoms with van der Waals surface area (Å²) in [6, 6.07) is 9.53. The number of rotatable bonds is 9. The third-order valence-electron chi connectivity index (χ3n) is 3.30. The summed E-state index contributed by atoms with van der Waals surface area (Å²) in [4.78, 5) is 0. The molecule has 0 radical (unpaired) electrons. The second-order valence-corrected chi connectivity index (χ2v) is 7.00.